The lowest BCUT2D eigenvalue weighted by Crippen LogP contribution is -2.18. The normalized spacial score (nSPS) is 17.8. The molecule has 0 saturated carbocycles. The lowest BCUT2D eigenvalue weighted by atomic mass is 10.0. The van der Waals surface area contributed by atoms with Gasteiger partial charge in [-0.1, -0.05) is 29.5 Å². The fraction of sp³-hybridized carbons (Fsp3) is 0.440. The molecule has 3 heterocycles. The molecule has 2 saturated heterocycles. The molecule has 0 bridgehead atoms. The van der Waals surface area contributed by atoms with Crippen molar-refractivity contribution in [2.45, 2.75) is 25.3 Å². The van der Waals surface area contributed by atoms with Gasteiger partial charge in [0, 0.05) is 18.0 Å². The fourth-order valence-corrected chi connectivity index (χ4v) is 5.54. The van der Waals surface area contributed by atoms with E-state index in [0.29, 0.717) is 42.9 Å². The van der Waals surface area contributed by atoms with E-state index >= 15 is 0 Å². The molecule has 2 aromatic carbocycles. The maximum absolute atomic E-state index is 12.9. The number of fused-ring (bicyclic) bond motifs is 1. The van der Waals surface area contributed by atoms with Crippen LogP contribution in [0.25, 0.3) is 10.2 Å². The SMILES string of the molecule is COc1ccc(C2COCCOC2)c2sc(NC(=O)c3ccc(CN4CCCC4)cc3)nc12. The highest BCUT2D eigenvalue weighted by Gasteiger charge is 2.22. The maximum atomic E-state index is 12.9. The minimum absolute atomic E-state index is 0.119. The van der Waals surface area contributed by atoms with Crippen LogP contribution in [0.2, 0.25) is 0 Å². The van der Waals surface area contributed by atoms with Crippen LogP contribution in [-0.4, -0.2) is 62.4 Å². The van der Waals surface area contributed by atoms with E-state index in [1.165, 1.54) is 29.7 Å². The van der Waals surface area contributed by atoms with Gasteiger partial charge in [0.1, 0.15) is 11.3 Å². The van der Waals surface area contributed by atoms with Crippen LogP contribution in [0.4, 0.5) is 5.13 Å². The molecule has 33 heavy (non-hydrogen) atoms. The molecule has 0 radical (unpaired) electrons. The summed E-state index contributed by atoms with van der Waals surface area (Å²) in [5.74, 6) is 0.642. The van der Waals surface area contributed by atoms with Crippen LogP contribution >= 0.6 is 11.3 Å². The van der Waals surface area contributed by atoms with Crippen molar-refractivity contribution in [3.63, 3.8) is 0 Å². The minimum Gasteiger partial charge on any atom is -0.494 e. The number of nitrogens with zero attached hydrogens (tertiary/aromatic N) is 2. The Labute approximate surface area is 197 Å². The topological polar surface area (TPSA) is 72.9 Å². The third-order valence-corrected chi connectivity index (χ3v) is 7.27. The molecule has 2 aliphatic heterocycles. The summed E-state index contributed by atoms with van der Waals surface area (Å²) < 4.78 is 17.9. The Morgan fingerprint density at radius 2 is 1.85 bits per heavy atom. The number of thiazole rings is 1. The number of carbonyl (C=O) groups excluding carboxylic acids is 1. The third-order valence-electron chi connectivity index (χ3n) is 6.25. The zero-order chi connectivity index (χ0) is 22.6. The van der Waals surface area contributed by atoms with Crippen LogP contribution < -0.4 is 10.1 Å². The molecule has 0 aliphatic carbocycles. The van der Waals surface area contributed by atoms with Gasteiger partial charge in [-0.2, -0.15) is 0 Å². The van der Waals surface area contributed by atoms with E-state index in [1.807, 2.05) is 36.4 Å². The highest BCUT2D eigenvalue weighted by molar-refractivity contribution is 7.22. The summed E-state index contributed by atoms with van der Waals surface area (Å²) in [4.78, 5) is 20.0. The van der Waals surface area contributed by atoms with Crippen molar-refractivity contribution in [3.8, 4) is 5.75 Å². The molecule has 7 nitrogen and oxygen atoms in total. The Bertz CT molecular complexity index is 1100. The quantitative estimate of drug-likeness (QED) is 0.583. The second-order valence-electron chi connectivity index (χ2n) is 8.53. The largest absolute Gasteiger partial charge is 0.494 e. The Balaban J connectivity index is 1.34. The van der Waals surface area contributed by atoms with Crippen LogP contribution in [0.15, 0.2) is 36.4 Å². The molecular weight excluding hydrogens is 438 g/mol. The summed E-state index contributed by atoms with van der Waals surface area (Å²) in [5.41, 5.74) is 3.71. The number of methoxy groups -OCH3 is 1. The van der Waals surface area contributed by atoms with Gasteiger partial charge in [0.15, 0.2) is 5.13 Å². The third kappa shape index (κ3) is 5.04. The molecule has 1 amide bonds. The number of benzene rings is 2. The maximum Gasteiger partial charge on any atom is 0.257 e. The van der Waals surface area contributed by atoms with Gasteiger partial charge in [0.2, 0.25) is 0 Å². The fourth-order valence-electron chi connectivity index (χ4n) is 4.47. The minimum atomic E-state index is -0.163. The van der Waals surface area contributed by atoms with E-state index in [0.717, 1.165) is 35.4 Å². The van der Waals surface area contributed by atoms with Gasteiger partial charge in [0.25, 0.3) is 5.91 Å². The van der Waals surface area contributed by atoms with Crippen LogP contribution in [0.3, 0.4) is 0 Å². The standard InChI is InChI=1S/C25H29N3O4S/c1-30-21-9-8-20(19-15-31-12-13-32-16-19)23-22(21)26-25(33-23)27-24(29)18-6-4-17(5-7-18)14-28-10-2-3-11-28/h4-9,19H,2-3,10-16H2,1H3,(H,26,27,29). The predicted octanol–water partition coefficient (Wildman–Crippen LogP) is 4.28. The summed E-state index contributed by atoms with van der Waals surface area (Å²) in [5, 5.41) is 3.53. The molecule has 2 fully saturated rings. The van der Waals surface area contributed by atoms with Crippen molar-refractivity contribution in [1.82, 2.24) is 9.88 Å². The molecule has 0 unspecified atom stereocenters. The zero-order valence-corrected chi connectivity index (χ0v) is 19.7. The molecule has 0 atom stereocenters. The number of hydrogen-bond donors (Lipinski definition) is 1. The monoisotopic (exact) mass is 467 g/mol. The average molecular weight is 468 g/mol. The second-order valence-corrected chi connectivity index (χ2v) is 9.53. The van der Waals surface area contributed by atoms with Crippen LogP contribution in [0.1, 0.15) is 40.2 Å². The first-order valence-corrected chi connectivity index (χ1v) is 12.3. The summed E-state index contributed by atoms with van der Waals surface area (Å²) in [6.07, 6.45) is 2.55. The van der Waals surface area contributed by atoms with Crippen LogP contribution in [-0.2, 0) is 16.0 Å². The van der Waals surface area contributed by atoms with E-state index in [-0.39, 0.29) is 11.8 Å². The van der Waals surface area contributed by atoms with Gasteiger partial charge < -0.3 is 14.2 Å². The van der Waals surface area contributed by atoms with E-state index < -0.39 is 0 Å². The van der Waals surface area contributed by atoms with E-state index in [2.05, 4.69) is 15.2 Å². The molecule has 3 aromatic rings. The molecular formula is C25H29N3O4S. The summed E-state index contributed by atoms with van der Waals surface area (Å²) in [6.45, 7) is 5.68. The zero-order valence-electron chi connectivity index (χ0n) is 18.8. The number of rotatable bonds is 6. The number of likely N-dealkylation sites (tertiary alicyclic amines) is 1. The van der Waals surface area contributed by atoms with Gasteiger partial charge in [-0.15, -0.1) is 0 Å². The lowest BCUT2D eigenvalue weighted by Gasteiger charge is -2.15. The van der Waals surface area contributed by atoms with E-state index in [4.69, 9.17) is 14.2 Å². The molecule has 174 valence electrons. The van der Waals surface area contributed by atoms with Gasteiger partial charge in [-0.05, 0) is 55.3 Å². The highest BCUT2D eigenvalue weighted by Crippen LogP contribution is 2.38. The first-order valence-electron chi connectivity index (χ1n) is 11.5. The number of amides is 1. The van der Waals surface area contributed by atoms with Crippen molar-refractivity contribution < 1.29 is 19.0 Å². The van der Waals surface area contributed by atoms with Crippen molar-refractivity contribution in [1.29, 1.82) is 0 Å². The van der Waals surface area contributed by atoms with Crippen molar-refractivity contribution in [3.05, 3.63) is 53.1 Å². The van der Waals surface area contributed by atoms with Crippen molar-refractivity contribution >= 4 is 32.6 Å². The number of hydrogen-bond acceptors (Lipinski definition) is 7. The molecule has 1 N–H and O–H groups in total. The smallest absolute Gasteiger partial charge is 0.257 e. The van der Waals surface area contributed by atoms with E-state index in [9.17, 15) is 4.79 Å². The summed E-state index contributed by atoms with van der Waals surface area (Å²) in [7, 11) is 1.63. The Kier molecular flexibility index (Phi) is 6.87. The number of anilines is 1. The van der Waals surface area contributed by atoms with Gasteiger partial charge in [-0.3, -0.25) is 15.0 Å². The molecule has 5 rings (SSSR count). The Morgan fingerprint density at radius 3 is 2.55 bits per heavy atom. The molecule has 2 aliphatic rings. The highest BCUT2D eigenvalue weighted by atomic mass is 32.1. The first-order chi connectivity index (χ1) is 16.2. The summed E-state index contributed by atoms with van der Waals surface area (Å²) >= 11 is 1.46. The van der Waals surface area contributed by atoms with Gasteiger partial charge in [0.05, 0.1) is 38.2 Å². The van der Waals surface area contributed by atoms with E-state index in [1.54, 1.807) is 7.11 Å². The lowest BCUT2D eigenvalue weighted by molar-refractivity contribution is 0.102. The van der Waals surface area contributed by atoms with Crippen molar-refractivity contribution in [2.75, 3.05) is 51.9 Å². The van der Waals surface area contributed by atoms with Gasteiger partial charge in [-0.25, -0.2) is 4.98 Å². The summed E-state index contributed by atoms with van der Waals surface area (Å²) in [6, 6.07) is 11.8. The van der Waals surface area contributed by atoms with Gasteiger partial charge >= 0.3 is 0 Å². The molecule has 8 heteroatoms. The number of aromatic nitrogens is 1. The Hall–Kier alpha value is -2.52. The Morgan fingerprint density at radius 1 is 1.12 bits per heavy atom. The van der Waals surface area contributed by atoms with Crippen molar-refractivity contribution in [2.24, 2.45) is 0 Å². The predicted molar refractivity (Wildman–Crippen MR) is 129 cm³/mol. The van der Waals surface area contributed by atoms with Crippen LogP contribution in [0.5, 0.6) is 5.75 Å². The molecule has 0 spiro atoms. The van der Waals surface area contributed by atoms with Crippen LogP contribution in [0, 0.1) is 0 Å². The second kappa shape index (κ2) is 10.2. The number of nitrogens with one attached hydrogen (secondary N) is 1. The number of ether oxygens (including phenoxy) is 3. The molecule has 1 aromatic heterocycles. The first kappa shape index (κ1) is 22.3. The average Bonchev–Trinajstić information content (AvgIpc) is 3.41. The number of carbonyl (C=O) groups is 1.